The summed E-state index contributed by atoms with van der Waals surface area (Å²) in [5.41, 5.74) is 9.40. The van der Waals surface area contributed by atoms with E-state index < -0.39 is 12.1 Å². The molecule has 0 aliphatic carbocycles. The SMILES string of the molecule is Cc1ncn(-c2ccc(NC(=O)CCCCN)cc2)c1C.O=C(O)C(F)(F)F. The van der Waals surface area contributed by atoms with E-state index in [0.717, 1.165) is 35.6 Å². The van der Waals surface area contributed by atoms with Gasteiger partial charge < -0.3 is 20.7 Å². The van der Waals surface area contributed by atoms with E-state index in [4.69, 9.17) is 15.6 Å². The minimum atomic E-state index is -5.08. The number of unbranched alkanes of at least 4 members (excludes halogenated alkanes) is 1. The van der Waals surface area contributed by atoms with Crippen LogP contribution < -0.4 is 11.1 Å². The van der Waals surface area contributed by atoms with Gasteiger partial charge in [0, 0.05) is 23.5 Å². The predicted octanol–water partition coefficient (Wildman–Crippen LogP) is 3.19. The third kappa shape index (κ3) is 7.39. The van der Waals surface area contributed by atoms with Gasteiger partial charge in [-0.05, 0) is 57.5 Å². The van der Waals surface area contributed by atoms with Crippen molar-refractivity contribution in [1.29, 1.82) is 0 Å². The van der Waals surface area contributed by atoms with E-state index in [1.165, 1.54) is 0 Å². The molecule has 4 N–H and O–H groups in total. The molecule has 0 fully saturated rings. The monoisotopic (exact) mass is 400 g/mol. The molecule has 1 heterocycles. The van der Waals surface area contributed by atoms with Crippen LogP contribution >= 0.6 is 0 Å². The molecule has 0 saturated heterocycles. The van der Waals surface area contributed by atoms with Crippen LogP contribution in [0.1, 0.15) is 30.7 Å². The number of carbonyl (C=O) groups is 2. The largest absolute Gasteiger partial charge is 0.490 e. The van der Waals surface area contributed by atoms with E-state index in [9.17, 15) is 18.0 Å². The number of nitrogens with one attached hydrogen (secondary N) is 1. The Labute approximate surface area is 160 Å². The molecule has 1 aromatic heterocycles. The van der Waals surface area contributed by atoms with Gasteiger partial charge in [0.05, 0.1) is 12.0 Å². The Morgan fingerprint density at radius 2 is 1.75 bits per heavy atom. The number of nitrogens with zero attached hydrogens (tertiary/aromatic N) is 2. The summed E-state index contributed by atoms with van der Waals surface area (Å²) in [7, 11) is 0. The first kappa shape index (κ1) is 23.2. The number of halogens is 3. The Balaban J connectivity index is 0.000000480. The average Bonchev–Trinajstić information content (AvgIpc) is 2.95. The van der Waals surface area contributed by atoms with E-state index in [-0.39, 0.29) is 5.91 Å². The number of carbonyl (C=O) groups excluding carboxylic acids is 1. The standard InChI is InChI=1S/C16H22N4O.C2HF3O2/c1-12-13(2)20(11-18-12)15-8-6-14(7-9-15)19-16(21)5-3-4-10-17;3-2(4,5)1(6)7/h6-9,11H,3-5,10,17H2,1-2H3,(H,19,21);(H,6,7). The summed E-state index contributed by atoms with van der Waals surface area (Å²) in [4.78, 5) is 24.9. The van der Waals surface area contributed by atoms with Gasteiger partial charge in [-0.15, -0.1) is 0 Å². The molecule has 0 bridgehead atoms. The normalized spacial score (nSPS) is 10.8. The highest BCUT2D eigenvalue weighted by atomic mass is 19.4. The van der Waals surface area contributed by atoms with Gasteiger partial charge in [0.25, 0.3) is 0 Å². The Morgan fingerprint density at radius 3 is 2.18 bits per heavy atom. The van der Waals surface area contributed by atoms with E-state index in [0.29, 0.717) is 13.0 Å². The lowest BCUT2D eigenvalue weighted by molar-refractivity contribution is -0.192. The maximum absolute atomic E-state index is 11.7. The van der Waals surface area contributed by atoms with Gasteiger partial charge in [0.2, 0.25) is 5.91 Å². The van der Waals surface area contributed by atoms with Gasteiger partial charge in [-0.1, -0.05) is 0 Å². The highest BCUT2D eigenvalue weighted by Gasteiger charge is 2.38. The van der Waals surface area contributed by atoms with E-state index in [1.807, 2.05) is 49.0 Å². The minimum absolute atomic E-state index is 0.0332. The Morgan fingerprint density at radius 1 is 1.18 bits per heavy atom. The van der Waals surface area contributed by atoms with Crippen LogP contribution in [0.15, 0.2) is 30.6 Å². The molecule has 2 rings (SSSR count). The summed E-state index contributed by atoms with van der Waals surface area (Å²) in [6.45, 7) is 4.66. The Kier molecular flexibility index (Phi) is 8.65. The maximum Gasteiger partial charge on any atom is 0.490 e. The summed E-state index contributed by atoms with van der Waals surface area (Å²) in [5, 5.41) is 10.0. The van der Waals surface area contributed by atoms with Crippen molar-refractivity contribution in [2.45, 2.75) is 39.3 Å². The number of nitrogens with two attached hydrogens (primary N) is 1. The Hall–Kier alpha value is -2.88. The van der Waals surface area contributed by atoms with E-state index in [2.05, 4.69) is 10.3 Å². The molecule has 0 atom stereocenters. The average molecular weight is 400 g/mol. The summed E-state index contributed by atoms with van der Waals surface area (Å²) < 4.78 is 33.8. The number of aliphatic carboxylic acids is 1. The molecule has 0 saturated carbocycles. The second-order valence-electron chi connectivity index (χ2n) is 5.93. The number of benzene rings is 1. The third-order valence-electron chi connectivity index (χ3n) is 3.78. The van der Waals surface area contributed by atoms with Crippen LogP contribution in [-0.2, 0) is 9.59 Å². The number of aryl methyl sites for hydroxylation is 1. The number of rotatable bonds is 6. The number of hydrogen-bond acceptors (Lipinski definition) is 4. The van der Waals surface area contributed by atoms with Crippen LogP contribution in [0.4, 0.5) is 18.9 Å². The zero-order valence-corrected chi connectivity index (χ0v) is 15.6. The van der Waals surface area contributed by atoms with Crippen molar-refractivity contribution < 1.29 is 27.9 Å². The van der Waals surface area contributed by atoms with Crippen LogP contribution in [0.5, 0.6) is 0 Å². The van der Waals surface area contributed by atoms with Crippen molar-refractivity contribution in [2.75, 3.05) is 11.9 Å². The second kappa shape index (κ2) is 10.5. The third-order valence-corrected chi connectivity index (χ3v) is 3.78. The van der Waals surface area contributed by atoms with Crippen molar-refractivity contribution in [3.8, 4) is 5.69 Å². The molecule has 0 unspecified atom stereocenters. The fraction of sp³-hybridized carbons (Fsp3) is 0.389. The van der Waals surface area contributed by atoms with Crippen LogP contribution in [0, 0.1) is 13.8 Å². The molecule has 7 nitrogen and oxygen atoms in total. The van der Waals surface area contributed by atoms with Gasteiger partial charge >= 0.3 is 12.1 Å². The van der Waals surface area contributed by atoms with Gasteiger partial charge in [-0.3, -0.25) is 4.79 Å². The number of carboxylic acid groups (broad SMARTS) is 1. The number of carboxylic acids is 1. The van der Waals surface area contributed by atoms with Crippen LogP contribution in [-0.4, -0.2) is 39.3 Å². The lowest BCUT2D eigenvalue weighted by atomic mass is 10.2. The zero-order chi connectivity index (χ0) is 21.3. The van der Waals surface area contributed by atoms with Crippen molar-refractivity contribution in [1.82, 2.24) is 9.55 Å². The highest BCUT2D eigenvalue weighted by molar-refractivity contribution is 5.90. The lowest BCUT2D eigenvalue weighted by Crippen LogP contribution is -2.21. The molecule has 1 amide bonds. The number of anilines is 1. The number of amides is 1. The summed E-state index contributed by atoms with van der Waals surface area (Å²) in [5.74, 6) is -2.72. The molecule has 2 aromatic rings. The van der Waals surface area contributed by atoms with Crippen molar-refractivity contribution in [3.63, 3.8) is 0 Å². The first-order valence-electron chi connectivity index (χ1n) is 8.47. The highest BCUT2D eigenvalue weighted by Crippen LogP contribution is 2.17. The van der Waals surface area contributed by atoms with Crippen LogP contribution in [0.2, 0.25) is 0 Å². The zero-order valence-electron chi connectivity index (χ0n) is 15.6. The molecular weight excluding hydrogens is 377 g/mol. The molecule has 10 heteroatoms. The maximum atomic E-state index is 11.7. The summed E-state index contributed by atoms with van der Waals surface area (Å²) in [6.07, 6.45) is -1.05. The quantitative estimate of drug-likeness (QED) is 0.645. The van der Waals surface area contributed by atoms with Crippen molar-refractivity contribution >= 4 is 17.6 Å². The topological polar surface area (TPSA) is 110 Å². The summed E-state index contributed by atoms with van der Waals surface area (Å²) in [6, 6.07) is 7.77. The van der Waals surface area contributed by atoms with E-state index >= 15 is 0 Å². The molecule has 0 spiro atoms. The first-order chi connectivity index (χ1) is 13.1. The minimum Gasteiger partial charge on any atom is -0.475 e. The van der Waals surface area contributed by atoms with Gasteiger partial charge in [-0.25, -0.2) is 9.78 Å². The summed E-state index contributed by atoms with van der Waals surface area (Å²) >= 11 is 0. The van der Waals surface area contributed by atoms with Gasteiger partial charge in [0.1, 0.15) is 0 Å². The van der Waals surface area contributed by atoms with Crippen LogP contribution in [0.25, 0.3) is 5.69 Å². The molecule has 0 aliphatic rings. The first-order valence-corrected chi connectivity index (χ1v) is 8.47. The molecule has 1 aromatic carbocycles. The smallest absolute Gasteiger partial charge is 0.475 e. The van der Waals surface area contributed by atoms with Crippen molar-refractivity contribution in [3.05, 3.63) is 42.0 Å². The molecule has 28 heavy (non-hydrogen) atoms. The number of aromatic nitrogens is 2. The molecular formula is C18H23F3N4O3. The molecule has 0 radical (unpaired) electrons. The fourth-order valence-corrected chi connectivity index (χ4v) is 2.12. The van der Waals surface area contributed by atoms with Crippen LogP contribution in [0.3, 0.4) is 0 Å². The lowest BCUT2D eigenvalue weighted by Gasteiger charge is -2.08. The number of imidazole rings is 1. The number of alkyl halides is 3. The fourth-order valence-electron chi connectivity index (χ4n) is 2.12. The predicted molar refractivity (Wildman–Crippen MR) is 98.3 cm³/mol. The number of hydrogen-bond donors (Lipinski definition) is 3. The second-order valence-corrected chi connectivity index (χ2v) is 5.93. The van der Waals surface area contributed by atoms with Gasteiger partial charge in [-0.2, -0.15) is 13.2 Å². The molecule has 0 aliphatic heterocycles. The molecule has 154 valence electrons. The van der Waals surface area contributed by atoms with E-state index in [1.54, 1.807) is 0 Å². The van der Waals surface area contributed by atoms with Crippen molar-refractivity contribution in [2.24, 2.45) is 5.73 Å². The van der Waals surface area contributed by atoms with Gasteiger partial charge in [0.15, 0.2) is 0 Å². The Bertz CT molecular complexity index is 786.